The lowest BCUT2D eigenvalue weighted by molar-refractivity contribution is -0.455. The molecule has 0 N–H and O–H groups in total. The van der Waals surface area contributed by atoms with Crippen LogP contribution in [0.4, 0.5) is 43.9 Å². The van der Waals surface area contributed by atoms with Crippen LogP contribution in [0, 0.1) is 0 Å². The third-order valence-electron chi connectivity index (χ3n) is 1.81. The highest BCUT2D eigenvalue weighted by Crippen LogP contribution is 2.53. The van der Waals surface area contributed by atoms with Crippen LogP contribution >= 0.6 is 0 Å². The summed E-state index contributed by atoms with van der Waals surface area (Å²) in [6.45, 7) is -1.41. The Hall–Kier alpha value is -0.740. The average Bonchev–Trinajstić information content (AvgIpc) is 1.95. The smallest absolute Gasteiger partial charge is 0.248 e. The molecule has 0 aromatic rings. The van der Waals surface area contributed by atoms with Gasteiger partial charge in [-0.3, -0.25) is 0 Å². The van der Waals surface area contributed by atoms with E-state index in [1.54, 1.807) is 0 Å². The van der Waals surface area contributed by atoms with E-state index in [0.29, 0.717) is 0 Å². The summed E-state index contributed by atoms with van der Waals surface area (Å²) in [7, 11) is 0. The summed E-state index contributed by atoms with van der Waals surface area (Å²) in [6, 6.07) is 0. The largest absolute Gasteiger partial charge is 0.525 e. The molecule has 0 aromatic heterocycles. The van der Waals surface area contributed by atoms with Gasteiger partial charge in [0.15, 0.2) is 0 Å². The lowest BCUT2D eigenvalue weighted by Gasteiger charge is -2.37. The van der Waals surface area contributed by atoms with Gasteiger partial charge in [-0.2, -0.15) is 26.3 Å². The summed E-state index contributed by atoms with van der Waals surface area (Å²) in [5.74, 6) is -23.6. The predicted molar refractivity (Wildman–Crippen MR) is 50.6 cm³/mol. The van der Waals surface area contributed by atoms with Gasteiger partial charge >= 0.3 is 24.1 Å². The van der Waals surface area contributed by atoms with Crippen LogP contribution in [0.3, 0.4) is 0 Å². The first-order valence-corrected chi connectivity index (χ1v) is 4.05. The van der Waals surface area contributed by atoms with Crippen LogP contribution in [0.15, 0.2) is 0 Å². The summed E-state index contributed by atoms with van der Waals surface area (Å²) in [5.41, 5.74) is 0. The molecule has 0 aliphatic rings. The van der Waals surface area contributed by atoms with Crippen molar-refractivity contribution in [1.82, 2.24) is 0 Å². The molecule has 0 saturated heterocycles. The fourth-order valence-corrected chi connectivity index (χ4v) is 0.838. The molecule has 0 aliphatic carbocycles. The van der Waals surface area contributed by atoms with Gasteiger partial charge in [0.05, 0.1) is 0 Å². The molecule has 0 saturated carbocycles. The van der Waals surface area contributed by atoms with Crippen molar-refractivity contribution in [3.8, 4) is 0 Å². The first-order valence-electron chi connectivity index (χ1n) is 4.05. The Morgan fingerprint density at radius 3 is 1.10 bits per heavy atom. The monoisotopic (exact) mass is 328 g/mol. The van der Waals surface area contributed by atoms with E-state index in [9.17, 15) is 43.9 Å². The van der Waals surface area contributed by atoms with E-state index >= 15 is 0 Å². The molecule has 0 bridgehead atoms. The van der Waals surface area contributed by atoms with Crippen molar-refractivity contribution in [2.45, 2.75) is 58.7 Å². The fraction of sp³-hybridized carbons (Fsp3) is 1.00. The maximum atomic E-state index is 12.9. The normalized spacial score (nSPS) is 16.8. The quantitative estimate of drug-likeness (QED) is 0.627. The van der Waals surface area contributed by atoms with E-state index in [4.69, 9.17) is 0 Å². The molecule has 0 aromatic carbocycles. The molecule has 126 valence electrons. The molecule has 20 heavy (non-hydrogen) atoms. The minimum atomic E-state index is -6.41. The van der Waals surface area contributed by atoms with Gasteiger partial charge in [0.25, 0.3) is 5.85 Å². The molecule has 0 aliphatic heterocycles. The number of hydrogen-bond acceptors (Lipinski definition) is 1. The zero-order valence-electron chi connectivity index (χ0n) is 8.69. The van der Waals surface area contributed by atoms with E-state index in [-0.39, 0.29) is 14.9 Å². The minimum absolute atomic E-state index is 0. The third kappa shape index (κ3) is 4.38. The molecule has 0 rings (SSSR count). The van der Waals surface area contributed by atoms with Crippen molar-refractivity contribution in [1.29, 1.82) is 0 Å². The lowest BCUT2D eigenvalue weighted by Crippen LogP contribution is -2.63. The van der Waals surface area contributed by atoms with Crippen LogP contribution in [0.1, 0.15) is 28.7 Å². The summed E-state index contributed by atoms with van der Waals surface area (Å²) in [4.78, 5) is 0. The number of hydrogen-bond donors (Lipinski definition) is 0. The molecule has 1 atom stereocenters. The molecule has 1 unspecified atom stereocenters. The first kappa shape index (κ1) is 24.3. The first-order chi connectivity index (χ1) is 7.46. The average molecular weight is 328 g/mol. The van der Waals surface area contributed by atoms with Crippen LogP contribution in [0.5, 0.6) is 0 Å². The van der Waals surface area contributed by atoms with Gasteiger partial charge < -0.3 is 0 Å². The Morgan fingerprint density at radius 1 is 0.600 bits per heavy atom. The lowest BCUT2D eigenvalue weighted by atomic mass is 10.00. The van der Waals surface area contributed by atoms with Gasteiger partial charge in [-0.1, -0.05) is 14.9 Å². The van der Waals surface area contributed by atoms with E-state index in [2.05, 4.69) is 4.74 Å². The van der Waals surface area contributed by atoms with Crippen molar-refractivity contribution in [3.05, 3.63) is 0 Å². The second kappa shape index (κ2) is 5.94. The molecule has 0 fully saturated rings. The Bertz CT molecular complexity index is 301. The Balaban J connectivity index is -0.00000144. The molecular weight excluding hydrogens is 314 g/mol. The van der Waals surface area contributed by atoms with Crippen LogP contribution in [-0.4, -0.2) is 30.0 Å². The van der Waals surface area contributed by atoms with Crippen molar-refractivity contribution < 1.29 is 48.6 Å². The SMILES string of the molecule is C.C.CC(F)(F)C(F)(F)C(F)(F)C(C)(F)OC(F)(F)F. The number of rotatable bonds is 4. The Kier molecular flexibility index (Phi) is 7.21. The van der Waals surface area contributed by atoms with Crippen LogP contribution in [0.25, 0.3) is 0 Å². The second-order valence-corrected chi connectivity index (χ2v) is 3.50. The Morgan fingerprint density at radius 2 is 0.900 bits per heavy atom. The van der Waals surface area contributed by atoms with Crippen molar-refractivity contribution in [2.24, 2.45) is 0 Å². The highest BCUT2D eigenvalue weighted by Gasteiger charge is 2.78. The maximum Gasteiger partial charge on any atom is 0.525 e. The van der Waals surface area contributed by atoms with Gasteiger partial charge in [0.1, 0.15) is 0 Å². The van der Waals surface area contributed by atoms with Crippen molar-refractivity contribution >= 4 is 0 Å². The maximum absolute atomic E-state index is 12.9. The summed E-state index contributed by atoms with van der Waals surface area (Å²) in [6.07, 6.45) is -6.05. The van der Waals surface area contributed by atoms with Gasteiger partial charge in [0.2, 0.25) is 0 Å². The van der Waals surface area contributed by atoms with E-state index in [1.165, 1.54) is 0 Å². The van der Waals surface area contributed by atoms with Gasteiger partial charge in [-0.25, -0.2) is 9.13 Å². The van der Waals surface area contributed by atoms with Gasteiger partial charge in [0, 0.05) is 13.8 Å². The third-order valence-corrected chi connectivity index (χ3v) is 1.81. The standard InChI is InChI=1S/C7H6F10O.2CH4/c1-3(8,9)5(11,12)6(13,14)4(2,10)18-7(15,16)17;;/h1-2H3;2*1H4. The summed E-state index contributed by atoms with van der Waals surface area (Å²) >= 11 is 0. The van der Waals surface area contributed by atoms with Crippen molar-refractivity contribution in [2.75, 3.05) is 0 Å². The van der Waals surface area contributed by atoms with Gasteiger partial charge in [-0.05, 0) is 0 Å². The number of ether oxygens (including phenoxy) is 1. The fourth-order valence-electron chi connectivity index (χ4n) is 0.838. The molecule has 0 spiro atoms. The highest BCUT2D eigenvalue weighted by molar-refractivity contribution is 5.01. The summed E-state index contributed by atoms with van der Waals surface area (Å²) in [5, 5.41) is 0. The second-order valence-electron chi connectivity index (χ2n) is 3.50. The zero-order chi connectivity index (χ0) is 15.2. The highest BCUT2D eigenvalue weighted by atomic mass is 19.4. The minimum Gasteiger partial charge on any atom is -0.248 e. The number of halogens is 10. The van der Waals surface area contributed by atoms with Crippen LogP contribution in [-0.2, 0) is 4.74 Å². The van der Waals surface area contributed by atoms with E-state index in [1.807, 2.05) is 0 Å². The van der Waals surface area contributed by atoms with Crippen molar-refractivity contribution in [3.63, 3.8) is 0 Å². The van der Waals surface area contributed by atoms with Crippen LogP contribution in [0.2, 0.25) is 0 Å². The van der Waals surface area contributed by atoms with Gasteiger partial charge in [-0.15, -0.1) is 13.2 Å². The molecule has 0 radical (unpaired) electrons. The van der Waals surface area contributed by atoms with Crippen LogP contribution < -0.4 is 0 Å². The molecule has 11 heteroatoms. The van der Waals surface area contributed by atoms with E-state index < -0.39 is 43.8 Å². The molecular formula is C9H14F10O. The Labute approximate surface area is 108 Å². The molecule has 0 amide bonds. The molecule has 0 heterocycles. The topological polar surface area (TPSA) is 9.23 Å². The molecule has 1 nitrogen and oxygen atoms in total. The summed E-state index contributed by atoms with van der Waals surface area (Å²) < 4.78 is 125. The number of alkyl halides is 10. The zero-order valence-corrected chi connectivity index (χ0v) is 8.69. The van der Waals surface area contributed by atoms with E-state index in [0.717, 1.165) is 0 Å². The predicted octanol–water partition coefficient (Wildman–Crippen LogP) is 5.41.